The van der Waals surface area contributed by atoms with Gasteiger partial charge in [-0.25, -0.2) is 0 Å². The smallest absolute Gasteiger partial charge is 0.157 e. The molecule has 2 aliphatic carbocycles. The van der Waals surface area contributed by atoms with Crippen molar-refractivity contribution in [3.8, 4) is 12.1 Å². The summed E-state index contributed by atoms with van der Waals surface area (Å²) in [6.07, 6.45) is 0.568. The fourth-order valence-corrected chi connectivity index (χ4v) is 2.99. The van der Waals surface area contributed by atoms with Gasteiger partial charge in [0, 0.05) is 10.8 Å². The van der Waals surface area contributed by atoms with E-state index in [1.165, 1.54) is 0 Å². The van der Waals surface area contributed by atoms with Crippen LogP contribution in [-0.2, 0) is 4.79 Å². The first-order valence-corrected chi connectivity index (χ1v) is 5.17. The van der Waals surface area contributed by atoms with Crippen LogP contribution < -0.4 is 0 Å². The number of fused-ring (bicyclic) bond motifs is 1. The number of ketones is 1. The molecule has 0 aromatic carbocycles. The van der Waals surface area contributed by atoms with Crippen molar-refractivity contribution in [2.24, 2.45) is 16.7 Å². The fraction of sp³-hybridized carbons (Fsp3) is 0.583. The third-order valence-electron chi connectivity index (χ3n) is 4.32. The molecule has 0 bridgehead atoms. The molecule has 1 unspecified atom stereocenters. The number of rotatable bonds is 0. The molecule has 82 valence electrons. The molecule has 1 saturated carbocycles. The van der Waals surface area contributed by atoms with Gasteiger partial charge in [0.15, 0.2) is 5.78 Å². The van der Waals surface area contributed by atoms with E-state index in [1.807, 2.05) is 12.1 Å². The molecule has 0 radical (unpaired) electrons. The Morgan fingerprint density at radius 1 is 1.38 bits per heavy atom. The van der Waals surface area contributed by atoms with E-state index in [0.29, 0.717) is 6.42 Å². The van der Waals surface area contributed by atoms with Crippen molar-refractivity contribution in [3.05, 3.63) is 11.3 Å². The quantitative estimate of drug-likeness (QED) is 0.669. The molecule has 4 heteroatoms. The van der Waals surface area contributed by atoms with Gasteiger partial charge in [0.2, 0.25) is 0 Å². The van der Waals surface area contributed by atoms with E-state index in [-0.39, 0.29) is 23.5 Å². The van der Waals surface area contributed by atoms with Gasteiger partial charge >= 0.3 is 0 Å². The molecule has 2 aliphatic rings. The summed E-state index contributed by atoms with van der Waals surface area (Å²) in [6.45, 7) is 3.51. The summed E-state index contributed by atoms with van der Waals surface area (Å²) in [5, 5.41) is 27.8. The third-order valence-corrected chi connectivity index (χ3v) is 4.32. The Hall–Kier alpha value is -1.81. The maximum Gasteiger partial charge on any atom is 0.157 e. The minimum Gasteiger partial charge on any atom is -0.511 e. The van der Waals surface area contributed by atoms with Gasteiger partial charge in [-0.15, -0.1) is 0 Å². The molecule has 0 amide bonds. The molecule has 0 saturated heterocycles. The summed E-state index contributed by atoms with van der Waals surface area (Å²) in [5.74, 6) is -0.796. The predicted octanol–water partition coefficient (Wildman–Crippen LogP) is 1.85. The zero-order chi connectivity index (χ0) is 12.1. The van der Waals surface area contributed by atoms with Crippen LogP contribution in [0.5, 0.6) is 0 Å². The Bertz CT molecular complexity index is 494. The van der Waals surface area contributed by atoms with Crippen LogP contribution in [0.4, 0.5) is 0 Å². The lowest BCUT2D eigenvalue weighted by molar-refractivity contribution is -0.128. The molecule has 0 aromatic heterocycles. The van der Waals surface area contributed by atoms with Crippen LogP contribution in [-0.4, -0.2) is 10.9 Å². The molecule has 0 heterocycles. The maximum atomic E-state index is 12.1. The van der Waals surface area contributed by atoms with E-state index in [9.17, 15) is 9.90 Å². The number of aliphatic hydroxyl groups is 1. The lowest BCUT2D eigenvalue weighted by Crippen LogP contribution is -2.34. The van der Waals surface area contributed by atoms with Crippen LogP contribution in [0.1, 0.15) is 26.7 Å². The van der Waals surface area contributed by atoms with Crippen molar-refractivity contribution >= 4 is 5.78 Å². The second-order valence-electron chi connectivity index (χ2n) is 5.03. The Balaban J connectivity index is 2.57. The SMILES string of the molecule is C[C@@]12CC(C#N)=C(O)[C@]1(C)CC(C#N)C2=O. The molecule has 0 aliphatic heterocycles. The molecule has 0 aromatic rings. The maximum absolute atomic E-state index is 12.1. The van der Waals surface area contributed by atoms with E-state index < -0.39 is 16.7 Å². The lowest BCUT2D eigenvalue weighted by Gasteiger charge is -2.32. The number of aliphatic hydroxyl groups excluding tert-OH is 1. The Morgan fingerprint density at radius 3 is 2.44 bits per heavy atom. The van der Waals surface area contributed by atoms with Gasteiger partial charge in [-0.2, -0.15) is 10.5 Å². The van der Waals surface area contributed by atoms with Crippen molar-refractivity contribution in [2.45, 2.75) is 26.7 Å². The summed E-state index contributed by atoms with van der Waals surface area (Å²) >= 11 is 0. The van der Waals surface area contributed by atoms with Crippen LogP contribution in [0, 0.1) is 39.4 Å². The molecule has 1 fully saturated rings. The summed E-state index contributed by atoms with van der Waals surface area (Å²) < 4.78 is 0. The third kappa shape index (κ3) is 0.900. The van der Waals surface area contributed by atoms with Gasteiger partial charge in [-0.3, -0.25) is 4.79 Å². The molecule has 1 N–H and O–H groups in total. The number of hydrogen-bond acceptors (Lipinski definition) is 4. The molecule has 4 nitrogen and oxygen atoms in total. The standard InChI is InChI=1S/C12H12N2O2/c1-11-3-7(5-13)10(16)12(11,2)4-8(6-14)9(11)15/h7,15H,3-4H2,1-2H3/t7?,11-,12-/m0/s1. The topological polar surface area (TPSA) is 84.9 Å². The zero-order valence-electron chi connectivity index (χ0n) is 9.24. The summed E-state index contributed by atoms with van der Waals surface area (Å²) in [4.78, 5) is 12.1. The lowest BCUT2D eigenvalue weighted by atomic mass is 9.69. The second-order valence-corrected chi connectivity index (χ2v) is 5.03. The van der Waals surface area contributed by atoms with Crippen molar-refractivity contribution in [3.63, 3.8) is 0 Å². The van der Waals surface area contributed by atoms with Crippen LogP contribution in [0.2, 0.25) is 0 Å². The van der Waals surface area contributed by atoms with Gasteiger partial charge < -0.3 is 5.11 Å². The van der Waals surface area contributed by atoms with Gasteiger partial charge in [-0.1, -0.05) is 13.8 Å². The average Bonchev–Trinajstić information content (AvgIpc) is 2.58. The largest absolute Gasteiger partial charge is 0.511 e. The van der Waals surface area contributed by atoms with Crippen LogP contribution >= 0.6 is 0 Å². The Morgan fingerprint density at radius 2 is 2.00 bits per heavy atom. The van der Waals surface area contributed by atoms with Crippen molar-refractivity contribution < 1.29 is 9.90 Å². The molecule has 3 atom stereocenters. The normalized spacial score (nSPS) is 41.8. The van der Waals surface area contributed by atoms with Crippen molar-refractivity contribution in [1.29, 1.82) is 10.5 Å². The molecule has 16 heavy (non-hydrogen) atoms. The predicted molar refractivity (Wildman–Crippen MR) is 54.8 cm³/mol. The molecular formula is C12H12N2O2. The minimum absolute atomic E-state index is 0.00333. The van der Waals surface area contributed by atoms with E-state index in [1.54, 1.807) is 13.8 Å². The zero-order valence-corrected chi connectivity index (χ0v) is 9.24. The van der Waals surface area contributed by atoms with E-state index in [4.69, 9.17) is 10.5 Å². The van der Waals surface area contributed by atoms with Gasteiger partial charge in [0.25, 0.3) is 0 Å². The number of hydrogen-bond donors (Lipinski definition) is 1. The Kier molecular flexibility index (Phi) is 1.91. The number of carbonyl (C=O) groups excluding carboxylic acids is 1. The first kappa shape index (κ1) is 10.7. The average molecular weight is 216 g/mol. The number of Topliss-reactive ketones (excluding diaryl/α,β-unsaturated/α-hetero) is 1. The van der Waals surface area contributed by atoms with Crippen molar-refractivity contribution in [1.82, 2.24) is 0 Å². The second kappa shape index (κ2) is 2.86. The van der Waals surface area contributed by atoms with Crippen LogP contribution in [0.15, 0.2) is 11.3 Å². The Labute approximate surface area is 93.8 Å². The van der Waals surface area contributed by atoms with Crippen LogP contribution in [0.3, 0.4) is 0 Å². The summed E-state index contributed by atoms with van der Waals surface area (Å²) in [7, 11) is 0. The highest BCUT2D eigenvalue weighted by molar-refractivity contribution is 5.94. The highest BCUT2D eigenvalue weighted by Crippen LogP contribution is 2.63. The summed E-state index contributed by atoms with van der Waals surface area (Å²) in [5.41, 5.74) is -1.24. The molecule has 0 spiro atoms. The number of allylic oxidation sites excluding steroid dienone is 2. The summed E-state index contributed by atoms with van der Waals surface area (Å²) in [6, 6.07) is 3.92. The van der Waals surface area contributed by atoms with Gasteiger partial charge in [-0.05, 0) is 12.8 Å². The first-order chi connectivity index (χ1) is 7.40. The highest BCUT2D eigenvalue weighted by Gasteiger charge is 2.65. The minimum atomic E-state index is -0.789. The van der Waals surface area contributed by atoms with E-state index in [2.05, 4.69) is 0 Å². The van der Waals surface area contributed by atoms with Crippen molar-refractivity contribution in [2.75, 3.05) is 0 Å². The number of nitrogens with zero attached hydrogens (tertiary/aromatic N) is 2. The molecule has 2 rings (SSSR count). The van der Waals surface area contributed by atoms with E-state index >= 15 is 0 Å². The van der Waals surface area contributed by atoms with Crippen LogP contribution in [0.25, 0.3) is 0 Å². The first-order valence-electron chi connectivity index (χ1n) is 5.17. The highest BCUT2D eigenvalue weighted by atomic mass is 16.3. The van der Waals surface area contributed by atoms with Gasteiger partial charge in [0.1, 0.15) is 11.7 Å². The molecular weight excluding hydrogens is 204 g/mol. The van der Waals surface area contributed by atoms with Gasteiger partial charge in [0.05, 0.1) is 17.7 Å². The number of nitriles is 2. The fourth-order valence-electron chi connectivity index (χ4n) is 2.99. The number of carbonyl (C=O) groups is 1. The monoisotopic (exact) mass is 216 g/mol. The van der Waals surface area contributed by atoms with E-state index in [0.717, 1.165) is 0 Å².